The lowest BCUT2D eigenvalue weighted by molar-refractivity contribution is -0.120. The molecule has 0 bridgehead atoms. The van der Waals surface area contributed by atoms with Gasteiger partial charge in [0.05, 0.1) is 12.2 Å². The van der Waals surface area contributed by atoms with Crippen molar-refractivity contribution in [2.75, 3.05) is 12.4 Å². The summed E-state index contributed by atoms with van der Waals surface area (Å²) < 4.78 is 30.5. The van der Waals surface area contributed by atoms with Crippen molar-refractivity contribution in [3.05, 3.63) is 46.8 Å². The number of carbonyl (C=O) groups is 1. The van der Waals surface area contributed by atoms with Crippen molar-refractivity contribution < 1.29 is 13.2 Å². The van der Waals surface area contributed by atoms with Crippen LogP contribution in [0.25, 0.3) is 0 Å². The number of aromatic nitrogens is 2. The number of amides is 1. The highest BCUT2D eigenvalue weighted by Crippen LogP contribution is 2.30. The first-order valence-electron chi connectivity index (χ1n) is 8.72. The third-order valence-corrected chi connectivity index (χ3v) is 6.89. The molecule has 146 valence electrons. The largest absolute Gasteiger partial charge is 0.325 e. The standard InChI is InChI=1S/C18H25N5O3S/c1-11-6-7-14(8-12(11)2)20-18(24)17-9-16(21-27(25,26)23(17)5)15-10-19-22(4)13(15)3/h6-8,10,16-17,21H,9H2,1-5H3,(H,20,24)/t16-,17+/m1/s1. The van der Waals surface area contributed by atoms with E-state index in [1.807, 2.05) is 39.0 Å². The van der Waals surface area contributed by atoms with Crippen molar-refractivity contribution in [2.24, 2.45) is 7.05 Å². The van der Waals surface area contributed by atoms with Gasteiger partial charge in [-0.1, -0.05) is 6.07 Å². The number of benzene rings is 1. The minimum Gasteiger partial charge on any atom is -0.325 e. The van der Waals surface area contributed by atoms with Crippen molar-refractivity contribution in [2.45, 2.75) is 39.3 Å². The lowest BCUT2D eigenvalue weighted by Gasteiger charge is -2.36. The number of hydrogen-bond donors (Lipinski definition) is 2. The summed E-state index contributed by atoms with van der Waals surface area (Å²) in [5.74, 6) is -0.350. The maximum atomic E-state index is 12.9. The molecule has 1 aliphatic heterocycles. The predicted octanol–water partition coefficient (Wildman–Crippen LogP) is 1.56. The zero-order valence-corrected chi connectivity index (χ0v) is 17.0. The smallest absolute Gasteiger partial charge is 0.280 e. The molecule has 3 rings (SSSR count). The second kappa shape index (κ2) is 7.06. The first kappa shape index (κ1) is 19.5. The van der Waals surface area contributed by atoms with Crippen LogP contribution < -0.4 is 10.0 Å². The van der Waals surface area contributed by atoms with Crippen LogP contribution in [0.3, 0.4) is 0 Å². The van der Waals surface area contributed by atoms with Crippen LogP contribution >= 0.6 is 0 Å². The fourth-order valence-electron chi connectivity index (χ4n) is 3.22. The molecule has 1 aromatic heterocycles. The molecule has 27 heavy (non-hydrogen) atoms. The maximum Gasteiger partial charge on any atom is 0.280 e. The van der Waals surface area contributed by atoms with E-state index in [-0.39, 0.29) is 5.91 Å². The van der Waals surface area contributed by atoms with Gasteiger partial charge in [-0.2, -0.15) is 22.5 Å². The number of nitrogens with zero attached hydrogens (tertiary/aromatic N) is 3. The SMILES string of the molecule is Cc1ccc(NC(=O)[C@@H]2C[C@H](c3cnn(C)c3C)NS(=O)(=O)N2C)cc1C. The lowest BCUT2D eigenvalue weighted by Crippen LogP contribution is -2.56. The summed E-state index contributed by atoms with van der Waals surface area (Å²) in [7, 11) is -0.568. The van der Waals surface area contributed by atoms with Crippen LogP contribution in [0.15, 0.2) is 24.4 Å². The lowest BCUT2D eigenvalue weighted by atomic mass is 10.00. The molecule has 0 spiro atoms. The summed E-state index contributed by atoms with van der Waals surface area (Å²) in [6.45, 7) is 5.83. The van der Waals surface area contributed by atoms with Crippen LogP contribution in [-0.2, 0) is 22.1 Å². The Morgan fingerprint density at radius 2 is 1.93 bits per heavy atom. The number of hydrogen-bond acceptors (Lipinski definition) is 4. The van der Waals surface area contributed by atoms with Crippen molar-refractivity contribution in [3.8, 4) is 0 Å². The van der Waals surface area contributed by atoms with E-state index in [4.69, 9.17) is 0 Å². The van der Waals surface area contributed by atoms with E-state index in [0.29, 0.717) is 12.1 Å². The molecule has 0 saturated carbocycles. The Kier molecular flexibility index (Phi) is 5.11. The monoisotopic (exact) mass is 391 g/mol. The Balaban J connectivity index is 1.86. The fraction of sp³-hybridized carbons (Fsp3) is 0.444. The minimum atomic E-state index is -3.78. The Morgan fingerprint density at radius 1 is 1.22 bits per heavy atom. The molecule has 8 nitrogen and oxygen atoms in total. The quantitative estimate of drug-likeness (QED) is 0.830. The molecule has 0 aliphatic carbocycles. The zero-order valence-electron chi connectivity index (χ0n) is 16.1. The highest BCUT2D eigenvalue weighted by Gasteiger charge is 2.41. The van der Waals surface area contributed by atoms with Gasteiger partial charge < -0.3 is 5.32 Å². The first-order chi connectivity index (χ1) is 12.6. The number of aryl methyl sites for hydroxylation is 3. The zero-order chi connectivity index (χ0) is 19.9. The van der Waals surface area contributed by atoms with Gasteiger partial charge in [0.1, 0.15) is 6.04 Å². The summed E-state index contributed by atoms with van der Waals surface area (Å²) in [6, 6.07) is 4.30. The van der Waals surface area contributed by atoms with E-state index >= 15 is 0 Å². The van der Waals surface area contributed by atoms with E-state index in [9.17, 15) is 13.2 Å². The van der Waals surface area contributed by atoms with Crippen molar-refractivity contribution in [3.63, 3.8) is 0 Å². The van der Waals surface area contributed by atoms with Gasteiger partial charge in [0.2, 0.25) is 5.91 Å². The Labute approximate surface area is 159 Å². The maximum absolute atomic E-state index is 12.9. The van der Waals surface area contributed by atoms with E-state index in [2.05, 4.69) is 15.1 Å². The Hall–Kier alpha value is -2.23. The Bertz CT molecular complexity index is 983. The van der Waals surface area contributed by atoms with Gasteiger partial charge in [-0.15, -0.1) is 0 Å². The van der Waals surface area contributed by atoms with Gasteiger partial charge in [-0.3, -0.25) is 9.48 Å². The highest BCUT2D eigenvalue weighted by atomic mass is 32.2. The molecule has 1 aromatic carbocycles. The third kappa shape index (κ3) is 3.76. The number of nitrogens with one attached hydrogen (secondary N) is 2. The normalized spacial score (nSPS) is 22.6. The molecule has 2 heterocycles. The van der Waals surface area contributed by atoms with Crippen molar-refractivity contribution in [1.29, 1.82) is 0 Å². The van der Waals surface area contributed by atoms with Gasteiger partial charge in [0.25, 0.3) is 10.2 Å². The molecule has 2 aromatic rings. The second-order valence-corrected chi connectivity index (χ2v) is 8.80. The topological polar surface area (TPSA) is 96.3 Å². The molecule has 2 atom stereocenters. The van der Waals surface area contributed by atoms with Gasteiger partial charge in [-0.05, 0) is 50.5 Å². The molecule has 1 saturated heterocycles. The molecule has 2 N–H and O–H groups in total. The van der Waals surface area contributed by atoms with Crippen LogP contribution in [0.5, 0.6) is 0 Å². The predicted molar refractivity (Wildman–Crippen MR) is 103 cm³/mol. The first-order valence-corrected chi connectivity index (χ1v) is 10.2. The number of anilines is 1. The summed E-state index contributed by atoms with van der Waals surface area (Å²) in [4.78, 5) is 12.9. The summed E-state index contributed by atoms with van der Waals surface area (Å²) in [6.07, 6.45) is 1.96. The van der Waals surface area contributed by atoms with Crippen molar-refractivity contribution >= 4 is 21.8 Å². The average Bonchev–Trinajstić information content (AvgIpc) is 2.92. The average molecular weight is 391 g/mol. The van der Waals surface area contributed by atoms with Crippen LogP contribution in [0.2, 0.25) is 0 Å². The molecule has 1 amide bonds. The summed E-state index contributed by atoms with van der Waals surface area (Å²) in [5, 5.41) is 7.03. The molecule has 9 heteroatoms. The van der Waals surface area contributed by atoms with Gasteiger partial charge in [-0.25, -0.2) is 0 Å². The fourth-order valence-corrected chi connectivity index (χ4v) is 4.48. The van der Waals surface area contributed by atoms with E-state index < -0.39 is 22.3 Å². The third-order valence-electron chi connectivity index (χ3n) is 5.29. The molecule has 0 unspecified atom stereocenters. The van der Waals surface area contributed by atoms with Gasteiger partial charge in [0, 0.05) is 31.0 Å². The van der Waals surface area contributed by atoms with Gasteiger partial charge in [0.15, 0.2) is 0 Å². The number of rotatable bonds is 3. The second-order valence-electron chi connectivity index (χ2n) is 7.04. The molecule has 0 radical (unpaired) electrons. The number of likely N-dealkylation sites (N-methyl/N-ethyl adjacent to an activating group) is 1. The molecular weight excluding hydrogens is 366 g/mol. The van der Waals surface area contributed by atoms with Crippen LogP contribution in [0.4, 0.5) is 5.69 Å². The summed E-state index contributed by atoms with van der Waals surface area (Å²) >= 11 is 0. The van der Waals surface area contributed by atoms with Crippen molar-refractivity contribution in [1.82, 2.24) is 18.8 Å². The van der Waals surface area contributed by atoms with Crippen LogP contribution in [-0.4, -0.2) is 41.5 Å². The number of carbonyl (C=O) groups excluding carboxylic acids is 1. The highest BCUT2D eigenvalue weighted by molar-refractivity contribution is 7.87. The van der Waals surface area contributed by atoms with E-state index in [1.54, 1.807) is 17.9 Å². The summed E-state index contributed by atoms with van der Waals surface area (Å²) in [5.41, 5.74) is 4.48. The minimum absolute atomic E-state index is 0.318. The molecular formula is C18H25N5O3S. The molecule has 1 aliphatic rings. The van der Waals surface area contributed by atoms with E-state index in [0.717, 1.165) is 26.7 Å². The van der Waals surface area contributed by atoms with Gasteiger partial charge >= 0.3 is 0 Å². The van der Waals surface area contributed by atoms with E-state index in [1.165, 1.54) is 7.05 Å². The van der Waals surface area contributed by atoms with Crippen LogP contribution in [0.1, 0.15) is 34.8 Å². The molecule has 1 fully saturated rings. The van der Waals surface area contributed by atoms with Crippen LogP contribution in [0, 0.1) is 20.8 Å². The Morgan fingerprint density at radius 3 is 2.52 bits per heavy atom.